The zero-order valence-corrected chi connectivity index (χ0v) is 18.4. The monoisotopic (exact) mass is 433 g/mol. The summed E-state index contributed by atoms with van der Waals surface area (Å²) in [5.41, 5.74) is 2.36. The van der Waals surface area contributed by atoms with Crippen LogP contribution < -0.4 is 0 Å². The second-order valence-electron chi connectivity index (χ2n) is 7.77. The Morgan fingerprint density at radius 1 is 0.656 bits per heavy atom. The molecule has 32 heavy (non-hydrogen) atoms. The van der Waals surface area contributed by atoms with E-state index in [1.54, 1.807) is 18.6 Å². The molecule has 168 valence electrons. The maximum atomic E-state index is 6.10. The Morgan fingerprint density at radius 3 is 1.38 bits per heavy atom. The molecule has 0 atom stereocenters. The molecule has 0 radical (unpaired) electrons. The van der Waals surface area contributed by atoms with Gasteiger partial charge in [-0.1, -0.05) is 24.3 Å². The van der Waals surface area contributed by atoms with E-state index in [4.69, 9.17) is 14.2 Å². The number of pyridine rings is 3. The van der Waals surface area contributed by atoms with Crippen LogP contribution in [0.1, 0.15) is 29.9 Å². The van der Waals surface area contributed by atoms with Gasteiger partial charge in [-0.3, -0.25) is 15.0 Å². The minimum absolute atomic E-state index is 0.327. The molecule has 6 nitrogen and oxygen atoms in total. The minimum atomic E-state index is -0.327. The molecule has 0 unspecified atom stereocenters. The summed E-state index contributed by atoms with van der Waals surface area (Å²) in [6.07, 6.45) is 8.92. The molecule has 0 bridgehead atoms. The Hall–Kier alpha value is -2.93. The van der Waals surface area contributed by atoms with Crippen LogP contribution in [0.15, 0.2) is 85.8 Å². The summed E-state index contributed by atoms with van der Waals surface area (Å²) in [5, 5.41) is 0. The summed E-state index contributed by atoms with van der Waals surface area (Å²) in [6.45, 7) is 6.68. The van der Waals surface area contributed by atoms with Crippen molar-refractivity contribution in [1.82, 2.24) is 15.0 Å². The average molecular weight is 434 g/mol. The normalized spacial score (nSPS) is 11.4. The van der Waals surface area contributed by atoms with Gasteiger partial charge in [0.1, 0.15) is 0 Å². The number of aromatic nitrogens is 3. The van der Waals surface area contributed by atoms with Gasteiger partial charge in [-0.05, 0) is 49.2 Å². The standard InChI is InChI=1S/C26H31N3O3/c1-2-3-13-26(20-30-17-23-10-4-7-14-27-23,21-31-18-24-11-5-8-15-28-24)22-32-19-25-12-6-9-16-29-25/h2,4-12,14-16H,1,3,13,17-22H2. The van der Waals surface area contributed by atoms with Crippen molar-refractivity contribution >= 4 is 0 Å². The summed E-state index contributed by atoms with van der Waals surface area (Å²) in [4.78, 5) is 13.0. The molecule has 0 N–H and O–H groups in total. The molecule has 0 aliphatic rings. The van der Waals surface area contributed by atoms with E-state index in [1.165, 1.54) is 0 Å². The Bertz CT molecular complexity index is 781. The van der Waals surface area contributed by atoms with Crippen LogP contribution in [0, 0.1) is 5.41 Å². The smallest absolute Gasteiger partial charge is 0.0888 e. The van der Waals surface area contributed by atoms with Gasteiger partial charge in [-0.15, -0.1) is 6.58 Å². The van der Waals surface area contributed by atoms with E-state index in [0.29, 0.717) is 39.6 Å². The second kappa shape index (κ2) is 13.5. The molecule has 0 aliphatic carbocycles. The number of allylic oxidation sites excluding steroid dienone is 1. The maximum Gasteiger partial charge on any atom is 0.0888 e. The van der Waals surface area contributed by atoms with Gasteiger partial charge >= 0.3 is 0 Å². The summed E-state index contributed by atoms with van der Waals surface area (Å²) in [7, 11) is 0. The number of hydrogen-bond donors (Lipinski definition) is 0. The first-order valence-electron chi connectivity index (χ1n) is 10.8. The van der Waals surface area contributed by atoms with Gasteiger partial charge in [-0.25, -0.2) is 0 Å². The van der Waals surface area contributed by atoms with Crippen LogP contribution >= 0.6 is 0 Å². The molecule has 6 heteroatoms. The van der Waals surface area contributed by atoms with Crippen molar-refractivity contribution in [2.24, 2.45) is 5.41 Å². The van der Waals surface area contributed by atoms with Gasteiger partial charge in [0, 0.05) is 24.0 Å². The largest absolute Gasteiger partial charge is 0.374 e. The van der Waals surface area contributed by atoms with Gasteiger partial charge in [0.05, 0.1) is 56.7 Å². The highest BCUT2D eigenvalue weighted by molar-refractivity contribution is 5.03. The lowest BCUT2D eigenvalue weighted by Crippen LogP contribution is -2.37. The highest BCUT2D eigenvalue weighted by Crippen LogP contribution is 2.28. The Labute approximate surface area is 190 Å². The first kappa shape index (κ1) is 23.7. The van der Waals surface area contributed by atoms with E-state index >= 15 is 0 Å². The van der Waals surface area contributed by atoms with E-state index in [1.807, 2.05) is 60.7 Å². The van der Waals surface area contributed by atoms with E-state index in [-0.39, 0.29) is 5.41 Å². The van der Waals surface area contributed by atoms with Crippen LogP contribution in [0.25, 0.3) is 0 Å². The lowest BCUT2D eigenvalue weighted by atomic mass is 9.85. The van der Waals surface area contributed by atoms with E-state index in [0.717, 1.165) is 29.9 Å². The predicted molar refractivity (Wildman–Crippen MR) is 124 cm³/mol. The van der Waals surface area contributed by atoms with Crippen molar-refractivity contribution in [1.29, 1.82) is 0 Å². The fourth-order valence-corrected chi connectivity index (χ4v) is 3.32. The molecule has 3 aromatic rings. The van der Waals surface area contributed by atoms with Gasteiger partial charge in [0.25, 0.3) is 0 Å². The topological polar surface area (TPSA) is 66.4 Å². The zero-order valence-electron chi connectivity index (χ0n) is 18.4. The number of nitrogens with zero attached hydrogens (tertiary/aromatic N) is 3. The summed E-state index contributed by atoms with van der Waals surface area (Å²) >= 11 is 0. The second-order valence-corrected chi connectivity index (χ2v) is 7.77. The van der Waals surface area contributed by atoms with Crippen LogP contribution in [0.5, 0.6) is 0 Å². The zero-order chi connectivity index (χ0) is 22.3. The fourth-order valence-electron chi connectivity index (χ4n) is 3.32. The number of rotatable bonds is 15. The quantitative estimate of drug-likeness (QED) is 0.322. The third-order valence-corrected chi connectivity index (χ3v) is 5.03. The molecule has 3 aromatic heterocycles. The van der Waals surface area contributed by atoms with Crippen LogP contribution in [0.2, 0.25) is 0 Å². The van der Waals surface area contributed by atoms with Crippen LogP contribution in [0.4, 0.5) is 0 Å². The molecular formula is C26H31N3O3. The lowest BCUT2D eigenvalue weighted by Gasteiger charge is -2.33. The maximum absolute atomic E-state index is 6.10. The Morgan fingerprint density at radius 2 is 1.06 bits per heavy atom. The third kappa shape index (κ3) is 8.30. The third-order valence-electron chi connectivity index (χ3n) is 5.03. The molecule has 0 spiro atoms. The number of ether oxygens (including phenoxy) is 3. The van der Waals surface area contributed by atoms with Gasteiger partial charge in [-0.2, -0.15) is 0 Å². The van der Waals surface area contributed by atoms with Crippen molar-refractivity contribution in [2.75, 3.05) is 19.8 Å². The number of hydrogen-bond acceptors (Lipinski definition) is 6. The van der Waals surface area contributed by atoms with Crippen molar-refractivity contribution in [3.05, 3.63) is 103 Å². The lowest BCUT2D eigenvalue weighted by molar-refractivity contribution is -0.0845. The first-order valence-corrected chi connectivity index (χ1v) is 10.8. The molecule has 0 saturated heterocycles. The van der Waals surface area contributed by atoms with Gasteiger partial charge in [0.15, 0.2) is 0 Å². The summed E-state index contributed by atoms with van der Waals surface area (Å²) in [6, 6.07) is 17.5. The molecule has 0 aliphatic heterocycles. The molecule has 0 fully saturated rings. The van der Waals surface area contributed by atoms with Crippen molar-refractivity contribution in [3.63, 3.8) is 0 Å². The van der Waals surface area contributed by atoms with Gasteiger partial charge in [0.2, 0.25) is 0 Å². The molecule has 0 amide bonds. The summed E-state index contributed by atoms with van der Waals surface area (Å²) in [5.74, 6) is 0. The highest BCUT2D eigenvalue weighted by Gasteiger charge is 2.31. The van der Waals surface area contributed by atoms with Crippen molar-refractivity contribution in [3.8, 4) is 0 Å². The van der Waals surface area contributed by atoms with E-state index < -0.39 is 0 Å². The van der Waals surface area contributed by atoms with Crippen molar-refractivity contribution < 1.29 is 14.2 Å². The SMILES string of the molecule is C=CCCC(COCc1ccccn1)(COCc1ccccn1)COCc1ccccn1. The molecule has 3 rings (SSSR count). The minimum Gasteiger partial charge on any atom is -0.374 e. The molecule has 0 aromatic carbocycles. The van der Waals surface area contributed by atoms with Gasteiger partial charge < -0.3 is 14.2 Å². The van der Waals surface area contributed by atoms with E-state index in [2.05, 4.69) is 21.5 Å². The first-order chi connectivity index (χ1) is 15.8. The fraction of sp³-hybridized carbons (Fsp3) is 0.346. The highest BCUT2D eigenvalue weighted by atomic mass is 16.5. The molecular weight excluding hydrogens is 402 g/mol. The summed E-state index contributed by atoms with van der Waals surface area (Å²) < 4.78 is 18.3. The Balaban J connectivity index is 1.63. The molecule has 0 saturated carbocycles. The Kier molecular flexibility index (Phi) is 9.99. The molecule has 3 heterocycles. The van der Waals surface area contributed by atoms with Crippen LogP contribution in [-0.2, 0) is 34.0 Å². The van der Waals surface area contributed by atoms with E-state index in [9.17, 15) is 0 Å². The van der Waals surface area contributed by atoms with Crippen LogP contribution in [0.3, 0.4) is 0 Å². The van der Waals surface area contributed by atoms with Crippen LogP contribution in [-0.4, -0.2) is 34.8 Å². The van der Waals surface area contributed by atoms with Crippen molar-refractivity contribution in [2.45, 2.75) is 32.7 Å². The average Bonchev–Trinajstić information content (AvgIpc) is 2.85. The predicted octanol–water partition coefficient (Wildman–Crippen LogP) is 4.77.